The smallest absolute Gasteiger partial charge is 0.312 e. The summed E-state index contributed by atoms with van der Waals surface area (Å²) in [6.07, 6.45) is 5.72. The highest BCUT2D eigenvalue weighted by atomic mass is 79.9. The Morgan fingerprint density at radius 2 is 2.03 bits per heavy atom. The zero-order valence-electron chi connectivity index (χ0n) is 21.8. The Labute approximate surface area is 232 Å². The summed E-state index contributed by atoms with van der Waals surface area (Å²) in [6.45, 7) is 10.0. The monoisotopic (exact) mass is 588 g/mol. The lowest BCUT2D eigenvalue weighted by molar-refractivity contribution is -0.155. The molecule has 1 aromatic rings. The molecule has 3 aliphatic rings. The molecule has 0 radical (unpaired) electrons. The molecule has 1 N–H and O–H groups in total. The van der Waals surface area contributed by atoms with Gasteiger partial charge in [0.05, 0.1) is 30.6 Å². The first-order chi connectivity index (χ1) is 18.4. The van der Waals surface area contributed by atoms with E-state index in [2.05, 4.69) is 36.0 Å². The third-order valence-electron chi connectivity index (χ3n) is 7.96. The number of fused-ring (bicyclic) bond motifs is 1. The Bertz CT molecular complexity index is 1050. The van der Waals surface area contributed by atoms with E-state index >= 15 is 0 Å². The van der Waals surface area contributed by atoms with Crippen LogP contribution in [0.15, 0.2) is 55.6 Å². The maximum atomic E-state index is 14.4. The molecule has 3 unspecified atom stereocenters. The lowest BCUT2D eigenvalue weighted by Gasteiger charge is -2.39. The number of aliphatic hydroxyl groups is 1. The molecule has 0 aromatic heterocycles. The summed E-state index contributed by atoms with van der Waals surface area (Å²) in [5.74, 6) is -2.94. The number of ether oxygens (including phenoxy) is 2. The van der Waals surface area contributed by atoms with Crippen LogP contribution in [0.3, 0.4) is 0 Å². The fourth-order valence-electron chi connectivity index (χ4n) is 6.39. The molecule has 2 bridgehead atoms. The zero-order valence-corrected chi connectivity index (χ0v) is 23.4. The minimum Gasteiger partial charge on any atom is -0.461 e. The van der Waals surface area contributed by atoms with Gasteiger partial charge < -0.3 is 24.4 Å². The van der Waals surface area contributed by atoms with Crippen LogP contribution in [0, 0.1) is 11.8 Å². The van der Waals surface area contributed by atoms with Crippen LogP contribution in [0.4, 0.5) is 0 Å². The minimum absolute atomic E-state index is 0.0167. The van der Waals surface area contributed by atoms with Crippen LogP contribution in [-0.4, -0.2) is 81.6 Å². The van der Waals surface area contributed by atoms with Gasteiger partial charge in [-0.3, -0.25) is 14.4 Å². The molecule has 38 heavy (non-hydrogen) atoms. The van der Waals surface area contributed by atoms with Crippen LogP contribution in [0.5, 0.6) is 0 Å². The van der Waals surface area contributed by atoms with E-state index < -0.39 is 41.6 Å². The summed E-state index contributed by atoms with van der Waals surface area (Å²) >= 11 is 3.66. The topological polar surface area (TPSA) is 96.4 Å². The molecule has 3 saturated heterocycles. The molecule has 2 amide bonds. The van der Waals surface area contributed by atoms with Gasteiger partial charge in [0.15, 0.2) is 0 Å². The van der Waals surface area contributed by atoms with Gasteiger partial charge >= 0.3 is 5.97 Å². The highest BCUT2D eigenvalue weighted by Gasteiger charge is 2.77. The van der Waals surface area contributed by atoms with Crippen molar-refractivity contribution in [2.75, 3.05) is 26.3 Å². The molecule has 8 nitrogen and oxygen atoms in total. The Kier molecular flexibility index (Phi) is 9.11. The molecule has 9 heteroatoms. The van der Waals surface area contributed by atoms with Crippen molar-refractivity contribution in [1.82, 2.24) is 9.80 Å². The van der Waals surface area contributed by atoms with Crippen LogP contribution in [0.25, 0.3) is 0 Å². The van der Waals surface area contributed by atoms with Crippen LogP contribution < -0.4 is 0 Å². The van der Waals surface area contributed by atoms with E-state index in [1.54, 1.807) is 11.0 Å². The van der Waals surface area contributed by atoms with Crippen LogP contribution >= 0.6 is 15.9 Å². The predicted molar refractivity (Wildman–Crippen MR) is 146 cm³/mol. The number of benzene rings is 1. The number of carbonyl (C=O) groups excluding carboxylic acids is 3. The number of alkyl halides is 1. The summed E-state index contributed by atoms with van der Waals surface area (Å²) in [7, 11) is 0. The summed E-state index contributed by atoms with van der Waals surface area (Å²) < 4.78 is 11.9. The van der Waals surface area contributed by atoms with Gasteiger partial charge in [0.1, 0.15) is 18.2 Å². The lowest BCUT2D eigenvalue weighted by Crippen LogP contribution is -2.57. The number of nitrogens with zero attached hydrogens (tertiary/aromatic N) is 2. The maximum Gasteiger partial charge on any atom is 0.312 e. The third-order valence-corrected chi connectivity index (χ3v) is 8.81. The Balaban J connectivity index is 1.81. The largest absolute Gasteiger partial charge is 0.461 e. The van der Waals surface area contributed by atoms with Gasteiger partial charge in [-0.15, -0.1) is 6.58 Å². The second-order valence-corrected chi connectivity index (χ2v) is 11.4. The van der Waals surface area contributed by atoms with Crippen LogP contribution in [0.2, 0.25) is 0 Å². The summed E-state index contributed by atoms with van der Waals surface area (Å²) in [6, 6.07) is 7.37. The molecule has 3 heterocycles. The third kappa shape index (κ3) is 4.84. The second-order valence-electron chi connectivity index (χ2n) is 10.2. The van der Waals surface area contributed by atoms with Crippen molar-refractivity contribution in [3.8, 4) is 0 Å². The van der Waals surface area contributed by atoms with Gasteiger partial charge in [-0.05, 0) is 18.4 Å². The Hall–Kier alpha value is -2.49. The average molecular weight is 590 g/mol. The van der Waals surface area contributed by atoms with Gasteiger partial charge in [0.2, 0.25) is 11.8 Å². The van der Waals surface area contributed by atoms with Gasteiger partial charge in [-0.2, -0.15) is 0 Å². The molecule has 3 aliphatic heterocycles. The maximum absolute atomic E-state index is 14.4. The molecule has 7 atom stereocenters. The number of amides is 2. The number of hydrogen-bond donors (Lipinski definition) is 1. The van der Waals surface area contributed by atoms with E-state index in [1.807, 2.05) is 30.3 Å². The van der Waals surface area contributed by atoms with E-state index in [-0.39, 0.29) is 29.9 Å². The molecular formula is C29H37BrN2O6. The summed E-state index contributed by atoms with van der Waals surface area (Å²) in [4.78, 5) is 44.9. The van der Waals surface area contributed by atoms with E-state index in [4.69, 9.17) is 9.47 Å². The highest BCUT2D eigenvalue weighted by Crippen LogP contribution is 2.61. The first-order valence-electron chi connectivity index (χ1n) is 13.3. The van der Waals surface area contributed by atoms with E-state index in [0.717, 1.165) is 19.3 Å². The zero-order chi connectivity index (χ0) is 27.4. The predicted octanol–water partition coefficient (Wildman–Crippen LogP) is 3.40. The van der Waals surface area contributed by atoms with E-state index in [9.17, 15) is 19.5 Å². The number of esters is 1. The quantitative estimate of drug-likeness (QED) is 0.164. The second kappa shape index (κ2) is 12.1. The fraction of sp³-hybridized carbons (Fsp3) is 0.552. The molecule has 3 fully saturated rings. The van der Waals surface area contributed by atoms with Crippen LogP contribution in [0.1, 0.15) is 44.2 Å². The normalized spacial score (nSPS) is 30.1. The number of likely N-dealkylation sites (tertiary alicyclic amines) is 1. The Morgan fingerprint density at radius 3 is 2.66 bits per heavy atom. The van der Waals surface area contributed by atoms with Crippen molar-refractivity contribution in [2.45, 2.75) is 61.2 Å². The first kappa shape index (κ1) is 28.5. The lowest BCUT2D eigenvalue weighted by atomic mass is 9.70. The first-order valence-corrected chi connectivity index (χ1v) is 14.2. The molecule has 206 valence electrons. The van der Waals surface area contributed by atoms with Crippen LogP contribution in [-0.2, 0) is 23.9 Å². The van der Waals surface area contributed by atoms with Crippen molar-refractivity contribution in [3.63, 3.8) is 0 Å². The molecule has 0 saturated carbocycles. The fourth-order valence-corrected chi connectivity index (χ4v) is 7.33. The number of halogens is 1. The van der Waals surface area contributed by atoms with Crippen molar-refractivity contribution < 1.29 is 29.0 Å². The summed E-state index contributed by atoms with van der Waals surface area (Å²) in [5, 5.41) is 10.6. The van der Waals surface area contributed by atoms with Crippen molar-refractivity contribution in [1.29, 1.82) is 0 Å². The van der Waals surface area contributed by atoms with E-state index in [0.29, 0.717) is 25.1 Å². The number of aliphatic hydroxyl groups excluding tert-OH is 1. The number of hydrogen-bond acceptors (Lipinski definition) is 6. The molecular weight excluding hydrogens is 552 g/mol. The SMILES string of the molecule is C=CCOC(=O)[C@H]1[C@@H]2OC3(CC2Br)C(C(=O)N(CC=C)CCCCC)N([C@H](CO)c2ccccc2)C(=O)[C@H]13. The number of rotatable bonds is 13. The van der Waals surface area contributed by atoms with Crippen molar-refractivity contribution >= 4 is 33.7 Å². The number of carbonyl (C=O) groups is 3. The van der Waals surface area contributed by atoms with Gasteiger partial charge in [-0.25, -0.2) is 0 Å². The molecule has 1 aromatic carbocycles. The molecule has 0 aliphatic carbocycles. The van der Waals surface area contributed by atoms with Crippen molar-refractivity contribution in [3.05, 3.63) is 61.2 Å². The van der Waals surface area contributed by atoms with E-state index in [1.165, 1.54) is 11.0 Å². The standard InChI is InChI=1S/C29H37BrN2O6/c1-4-7-11-15-31(14-5-2)27(35)25-29-17-20(30)24(38-29)22(28(36)37-16-6-3)23(29)26(34)32(25)21(18-33)19-12-9-8-10-13-19/h5-6,8-10,12-13,20-25,33H,2-4,7,11,14-18H2,1H3/t20?,21-,22-,23+,24-,25?,29?/m1/s1. The molecule has 1 spiro atoms. The number of unbranched alkanes of at least 4 members (excludes halogenated alkanes) is 2. The average Bonchev–Trinajstić information content (AvgIpc) is 3.51. The minimum atomic E-state index is -1.22. The molecule has 4 rings (SSSR count). The van der Waals surface area contributed by atoms with Gasteiger partial charge in [-0.1, -0.05) is 84.8 Å². The summed E-state index contributed by atoms with van der Waals surface area (Å²) in [5.41, 5.74) is -0.522. The van der Waals surface area contributed by atoms with Gasteiger partial charge in [0.25, 0.3) is 0 Å². The highest BCUT2D eigenvalue weighted by molar-refractivity contribution is 9.09. The van der Waals surface area contributed by atoms with Gasteiger partial charge in [0, 0.05) is 17.9 Å². The van der Waals surface area contributed by atoms with Crippen molar-refractivity contribution in [2.24, 2.45) is 11.8 Å². The Morgan fingerprint density at radius 1 is 1.29 bits per heavy atom.